The van der Waals surface area contributed by atoms with Crippen LogP contribution < -0.4 is 16.0 Å². The van der Waals surface area contributed by atoms with Crippen LogP contribution in [0.3, 0.4) is 0 Å². The summed E-state index contributed by atoms with van der Waals surface area (Å²) in [6.45, 7) is 7.59. The Hall–Kier alpha value is -2.83. The minimum atomic E-state index is -0.800. The third kappa shape index (κ3) is 6.34. The molecule has 2 aromatic rings. The molecule has 0 radical (unpaired) electrons. The summed E-state index contributed by atoms with van der Waals surface area (Å²) >= 11 is 6.11. The second-order valence-corrected chi connectivity index (χ2v) is 8.92. The van der Waals surface area contributed by atoms with Gasteiger partial charge in [-0.25, -0.2) is 4.79 Å². The van der Waals surface area contributed by atoms with Gasteiger partial charge in [-0.1, -0.05) is 72.8 Å². The first-order valence-electron chi connectivity index (χ1n) is 10.7. The van der Waals surface area contributed by atoms with Crippen molar-refractivity contribution in [2.45, 2.75) is 50.9 Å². The summed E-state index contributed by atoms with van der Waals surface area (Å²) in [4.78, 5) is 25.4. The molecule has 0 bridgehead atoms. The molecule has 2 aromatic carbocycles. The van der Waals surface area contributed by atoms with E-state index in [0.717, 1.165) is 24.0 Å². The average molecular weight is 456 g/mol. The van der Waals surface area contributed by atoms with Crippen LogP contribution >= 0.6 is 11.6 Å². The Morgan fingerprint density at radius 1 is 1.16 bits per heavy atom. The fourth-order valence-electron chi connectivity index (χ4n) is 3.65. The zero-order chi connectivity index (χ0) is 23.1. The van der Waals surface area contributed by atoms with Crippen LogP contribution in [0.1, 0.15) is 43.0 Å². The van der Waals surface area contributed by atoms with Crippen LogP contribution in [0.25, 0.3) is 0 Å². The van der Waals surface area contributed by atoms with Crippen LogP contribution in [-0.4, -0.2) is 30.1 Å². The van der Waals surface area contributed by atoms with Crippen LogP contribution in [0, 0.1) is 0 Å². The molecule has 3 rings (SSSR count). The van der Waals surface area contributed by atoms with Gasteiger partial charge in [0.25, 0.3) is 0 Å². The SMILES string of the molecule is C=C(Cl)C(C)(C)N[C@@H](CNC(=O)N[C@@H]1CCc2ccccc21)C(=O)OCc1ccccc1. The number of rotatable bonds is 9. The molecule has 6 nitrogen and oxygen atoms in total. The van der Waals surface area contributed by atoms with Gasteiger partial charge in [-0.3, -0.25) is 10.1 Å². The molecule has 2 amide bonds. The summed E-state index contributed by atoms with van der Waals surface area (Å²) in [5, 5.41) is 9.29. The van der Waals surface area contributed by atoms with Gasteiger partial charge in [0.1, 0.15) is 12.6 Å². The largest absolute Gasteiger partial charge is 0.460 e. The zero-order valence-electron chi connectivity index (χ0n) is 18.5. The Balaban J connectivity index is 1.59. The van der Waals surface area contributed by atoms with Crippen LogP contribution in [0.5, 0.6) is 0 Å². The molecule has 0 saturated heterocycles. The van der Waals surface area contributed by atoms with Crippen molar-refractivity contribution in [2.24, 2.45) is 0 Å². The maximum absolute atomic E-state index is 12.8. The van der Waals surface area contributed by atoms with Crippen LogP contribution in [0.4, 0.5) is 4.79 Å². The molecular formula is C25H30ClN3O3. The van der Waals surface area contributed by atoms with Crippen molar-refractivity contribution >= 4 is 23.6 Å². The topological polar surface area (TPSA) is 79.5 Å². The van der Waals surface area contributed by atoms with E-state index in [1.807, 2.05) is 62.4 Å². The quantitative estimate of drug-likeness (QED) is 0.495. The first-order valence-corrected chi connectivity index (χ1v) is 11.1. The number of fused-ring (bicyclic) bond motifs is 1. The molecule has 0 unspecified atom stereocenters. The van der Waals surface area contributed by atoms with Crippen molar-refractivity contribution in [3.8, 4) is 0 Å². The number of carbonyl (C=O) groups is 2. The van der Waals surface area contributed by atoms with E-state index < -0.39 is 17.6 Å². The summed E-state index contributed by atoms with van der Waals surface area (Å²) in [6, 6.07) is 16.3. The van der Waals surface area contributed by atoms with Gasteiger partial charge in [0.05, 0.1) is 6.04 Å². The van der Waals surface area contributed by atoms with E-state index in [1.165, 1.54) is 5.56 Å². The molecule has 0 fully saturated rings. The number of urea groups is 1. The van der Waals surface area contributed by atoms with Gasteiger partial charge >= 0.3 is 12.0 Å². The van der Waals surface area contributed by atoms with Gasteiger partial charge in [-0.2, -0.15) is 0 Å². The minimum Gasteiger partial charge on any atom is -0.460 e. The van der Waals surface area contributed by atoms with Crippen molar-refractivity contribution in [3.63, 3.8) is 0 Å². The van der Waals surface area contributed by atoms with E-state index in [-0.39, 0.29) is 25.2 Å². The number of amides is 2. The molecule has 1 aliphatic carbocycles. The molecule has 0 saturated carbocycles. The number of benzene rings is 2. The molecule has 2 atom stereocenters. The Bertz CT molecular complexity index is 962. The second kappa shape index (κ2) is 10.7. The lowest BCUT2D eigenvalue weighted by Gasteiger charge is -2.30. The van der Waals surface area contributed by atoms with Gasteiger partial charge in [0.2, 0.25) is 0 Å². The average Bonchev–Trinajstić information content (AvgIpc) is 3.18. The molecule has 7 heteroatoms. The minimum absolute atomic E-state index is 0.0401. The maximum atomic E-state index is 12.8. The van der Waals surface area contributed by atoms with Crippen molar-refractivity contribution < 1.29 is 14.3 Å². The highest BCUT2D eigenvalue weighted by Gasteiger charge is 2.30. The number of carbonyl (C=O) groups excluding carboxylic acids is 2. The molecule has 1 aliphatic rings. The first kappa shape index (κ1) is 23.8. The molecule has 0 aliphatic heterocycles. The Kier molecular flexibility index (Phi) is 7.94. The highest BCUT2D eigenvalue weighted by atomic mass is 35.5. The van der Waals surface area contributed by atoms with Gasteiger partial charge < -0.3 is 15.4 Å². The lowest BCUT2D eigenvalue weighted by Crippen LogP contribution is -2.55. The molecule has 32 heavy (non-hydrogen) atoms. The standard InChI is InChI=1S/C25H30ClN3O3/c1-17(26)25(2,3)29-22(23(30)32-16-18-9-5-4-6-10-18)15-27-24(31)28-21-14-13-19-11-7-8-12-20(19)21/h4-12,21-22,29H,1,13-16H2,2-3H3,(H2,27,28,31)/t21-,22+/m1/s1. The van der Waals surface area contributed by atoms with Crippen molar-refractivity contribution in [2.75, 3.05) is 6.54 Å². The molecular weight excluding hydrogens is 426 g/mol. The predicted octanol–water partition coefficient (Wildman–Crippen LogP) is 4.21. The Labute approximate surface area is 194 Å². The highest BCUT2D eigenvalue weighted by Crippen LogP contribution is 2.30. The highest BCUT2D eigenvalue weighted by molar-refractivity contribution is 6.30. The van der Waals surface area contributed by atoms with Crippen LogP contribution in [0.15, 0.2) is 66.2 Å². The lowest BCUT2D eigenvalue weighted by molar-refractivity contribution is -0.147. The monoisotopic (exact) mass is 455 g/mol. The number of nitrogens with one attached hydrogen (secondary N) is 3. The smallest absolute Gasteiger partial charge is 0.325 e. The summed E-state index contributed by atoms with van der Waals surface area (Å²) in [5.74, 6) is -0.480. The summed E-state index contributed by atoms with van der Waals surface area (Å²) in [7, 11) is 0. The number of halogens is 1. The summed E-state index contributed by atoms with van der Waals surface area (Å²) in [6.07, 6.45) is 1.79. The lowest BCUT2D eigenvalue weighted by atomic mass is 10.0. The third-order valence-electron chi connectivity index (χ3n) is 5.63. The number of ether oxygens (including phenoxy) is 1. The van der Waals surface area contributed by atoms with Gasteiger partial charge in [0.15, 0.2) is 0 Å². The number of aryl methyl sites for hydroxylation is 1. The van der Waals surface area contributed by atoms with E-state index >= 15 is 0 Å². The Morgan fingerprint density at radius 3 is 2.56 bits per heavy atom. The van der Waals surface area contributed by atoms with E-state index in [2.05, 4.69) is 28.6 Å². The van der Waals surface area contributed by atoms with Crippen molar-refractivity contribution in [1.29, 1.82) is 0 Å². The number of hydrogen-bond acceptors (Lipinski definition) is 4. The van der Waals surface area contributed by atoms with Gasteiger partial charge in [-0.15, -0.1) is 0 Å². The third-order valence-corrected chi connectivity index (χ3v) is 6.10. The van der Waals surface area contributed by atoms with Gasteiger partial charge in [0, 0.05) is 17.1 Å². The van der Waals surface area contributed by atoms with E-state index in [1.54, 1.807) is 0 Å². The molecule has 170 valence electrons. The molecule has 0 heterocycles. The Morgan fingerprint density at radius 2 is 1.84 bits per heavy atom. The van der Waals surface area contributed by atoms with E-state index in [9.17, 15) is 9.59 Å². The van der Waals surface area contributed by atoms with Gasteiger partial charge in [-0.05, 0) is 43.4 Å². The zero-order valence-corrected chi connectivity index (χ0v) is 19.2. The fraction of sp³-hybridized carbons (Fsp3) is 0.360. The first-order chi connectivity index (χ1) is 15.3. The fourth-order valence-corrected chi connectivity index (χ4v) is 3.70. The van der Waals surface area contributed by atoms with Crippen molar-refractivity contribution in [1.82, 2.24) is 16.0 Å². The molecule has 0 aromatic heterocycles. The van der Waals surface area contributed by atoms with E-state index in [4.69, 9.17) is 16.3 Å². The summed E-state index contributed by atoms with van der Waals surface area (Å²) in [5.41, 5.74) is 2.54. The predicted molar refractivity (Wildman–Crippen MR) is 126 cm³/mol. The number of esters is 1. The molecule has 3 N–H and O–H groups in total. The van der Waals surface area contributed by atoms with Crippen LogP contribution in [0.2, 0.25) is 0 Å². The maximum Gasteiger partial charge on any atom is 0.325 e. The second-order valence-electron chi connectivity index (χ2n) is 8.46. The number of hydrogen-bond donors (Lipinski definition) is 3. The van der Waals surface area contributed by atoms with Crippen LogP contribution in [-0.2, 0) is 22.6 Å². The van der Waals surface area contributed by atoms with E-state index in [0.29, 0.717) is 5.03 Å². The summed E-state index contributed by atoms with van der Waals surface area (Å²) < 4.78 is 5.48. The molecule has 0 spiro atoms. The van der Waals surface area contributed by atoms with Crippen molar-refractivity contribution in [3.05, 3.63) is 82.9 Å². The normalized spacial score (nSPS) is 16.0.